The molecule has 1 amide bonds. The average molecular weight is 320 g/mol. The summed E-state index contributed by atoms with van der Waals surface area (Å²) in [5.74, 6) is 0.532. The first kappa shape index (κ1) is 15.4. The summed E-state index contributed by atoms with van der Waals surface area (Å²) in [7, 11) is 0. The highest BCUT2D eigenvalue weighted by atomic mass is 16.1. The molecule has 2 aliphatic rings. The van der Waals surface area contributed by atoms with Crippen LogP contribution in [0.25, 0.3) is 0 Å². The van der Waals surface area contributed by atoms with Crippen LogP contribution in [-0.2, 0) is 6.54 Å². The van der Waals surface area contributed by atoms with Gasteiger partial charge in [0.15, 0.2) is 0 Å². The lowest BCUT2D eigenvalue weighted by Gasteiger charge is -2.15. The monoisotopic (exact) mass is 320 g/mol. The quantitative estimate of drug-likeness (QED) is 0.913. The van der Waals surface area contributed by atoms with Gasteiger partial charge in [0, 0.05) is 24.1 Å². The average Bonchev–Trinajstić information content (AvgIpc) is 3.19. The van der Waals surface area contributed by atoms with E-state index in [1.807, 2.05) is 24.3 Å². The van der Waals surface area contributed by atoms with Crippen molar-refractivity contribution < 1.29 is 4.79 Å². The molecule has 1 saturated carbocycles. The first-order chi connectivity index (χ1) is 11.8. The number of carbonyl (C=O) groups is 1. The molecular formula is C21H24N2O. The van der Waals surface area contributed by atoms with Crippen LogP contribution in [0.5, 0.6) is 0 Å². The molecule has 2 fully saturated rings. The standard InChI is InChI=1S/C21H24N2O/c24-21(22-20-14-19(20)17-8-2-1-3-9-17)18-10-6-7-16(13-18)15-23-11-4-5-12-23/h1-3,6-10,13,19-20H,4-5,11-12,14-15H2,(H,22,24). The fraction of sp³-hybridized carbons (Fsp3) is 0.381. The summed E-state index contributed by atoms with van der Waals surface area (Å²) < 4.78 is 0. The molecule has 1 aliphatic carbocycles. The van der Waals surface area contributed by atoms with E-state index in [9.17, 15) is 4.79 Å². The lowest BCUT2D eigenvalue weighted by Crippen LogP contribution is -2.27. The first-order valence-corrected chi connectivity index (χ1v) is 8.97. The van der Waals surface area contributed by atoms with E-state index in [0.717, 1.165) is 18.5 Å². The van der Waals surface area contributed by atoms with Gasteiger partial charge in [0.1, 0.15) is 0 Å². The molecule has 2 aromatic carbocycles. The molecule has 1 saturated heterocycles. The minimum atomic E-state index is 0.0571. The van der Waals surface area contributed by atoms with Crippen molar-refractivity contribution in [3.63, 3.8) is 0 Å². The van der Waals surface area contributed by atoms with Gasteiger partial charge < -0.3 is 5.32 Å². The van der Waals surface area contributed by atoms with E-state index in [0.29, 0.717) is 5.92 Å². The number of benzene rings is 2. The minimum Gasteiger partial charge on any atom is -0.349 e. The van der Waals surface area contributed by atoms with Crippen LogP contribution >= 0.6 is 0 Å². The highest BCUT2D eigenvalue weighted by Gasteiger charge is 2.39. The van der Waals surface area contributed by atoms with Gasteiger partial charge in [-0.15, -0.1) is 0 Å². The van der Waals surface area contributed by atoms with Crippen molar-refractivity contribution in [2.24, 2.45) is 0 Å². The van der Waals surface area contributed by atoms with Crippen molar-refractivity contribution in [2.45, 2.75) is 37.8 Å². The number of rotatable bonds is 5. The van der Waals surface area contributed by atoms with Crippen LogP contribution in [0.2, 0.25) is 0 Å². The number of nitrogens with zero attached hydrogens (tertiary/aromatic N) is 1. The molecule has 3 nitrogen and oxygen atoms in total. The number of likely N-dealkylation sites (tertiary alicyclic amines) is 1. The molecule has 1 N–H and O–H groups in total. The molecule has 0 bridgehead atoms. The molecule has 2 atom stereocenters. The summed E-state index contributed by atoms with van der Waals surface area (Å²) in [6, 6.07) is 18.8. The van der Waals surface area contributed by atoms with Crippen molar-refractivity contribution in [1.82, 2.24) is 10.2 Å². The van der Waals surface area contributed by atoms with E-state index < -0.39 is 0 Å². The third kappa shape index (κ3) is 3.51. The van der Waals surface area contributed by atoms with Crippen molar-refractivity contribution in [1.29, 1.82) is 0 Å². The second-order valence-corrected chi connectivity index (χ2v) is 7.02. The molecule has 2 aromatic rings. The van der Waals surface area contributed by atoms with Crippen molar-refractivity contribution in [3.05, 3.63) is 71.3 Å². The maximum Gasteiger partial charge on any atom is 0.251 e. The smallest absolute Gasteiger partial charge is 0.251 e. The summed E-state index contributed by atoms with van der Waals surface area (Å²) >= 11 is 0. The zero-order valence-electron chi connectivity index (χ0n) is 13.9. The summed E-state index contributed by atoms with van der Waals surface area (Å²) in [6.07, 6.45) is 3.63. The summed E-state index contributed by atoms with van der Waals surface area (Å²) in [6.45, 7) is 3.31. The summed E-state index contributed by atoms with van der Waals surface area (Å²) in [5.41, 5.74) is 3.34. The van der Waals surface area contributed by atoms with Crippen LogP contribution in [-0.4, -0.2) is 29.9 Å². The van der Waals surface area contributed by atoms with Crippen molar-refractivity contribution in [3.8, 4) is 0 Å². The Morgan fingerprint density at radius 2 is 1.83 bits per heavy atom. The largest absolute Gasteiger partial charge is 0.349 e. The van der Waals surface area contributed by atoms with E-state index in [1.165, 1.54) is 37.1 Å². The molecule has 2 unspecified atom stereocenters. The van der Waals surface area contributed by atoms with Gasteiger partial charge in [-0.3, -0.25) is 9.69 Å². The van der Waals surface area contributed by atoms with Gasteiger partial charge in [0.05, 0.1) is 0 Å². The van der Waals surface area contributed by atoms with Gasteiger partial charge in [-0.05, 0) is 55.6 Å². The fourth-order valence-corrected chi connectivity index (χ4v) is 3.68. The van der Waals surface area contributed by atoms with Crippen molar-refractivity contribution in [2.75, 3.05) is 13.1 Å². The van der Waals surface area contributed by atoms with Gasteiger partial charge >= 0.3 is 0 Å². The van der Waals surface area contributed by atoms with Gasteiger partial charge in [-0.2, -0.15) is 0 Å². The molecule has 0 radical (unpaired) electrons. The van der Waals surface area contributed by atoms with E-state index in [-0.39, 0.29) is 11.9 Å². The molecule has 124 valence electrons. The minimum absolute atomic E-state index is 0.0571. The molecule has 4 rings (SSSR count). The highest BCUT2D eigenvalue weighted by Crippen LogP contribution is 2.40. The Bertz CT molecular complexity index is 707. The summed E-state index contributed by atoms with van der Waals surface area (Å²) in [5, 5.41) is 3.19. The van der Waals surface area contributed by atoms with Crippen molar-refractivity contribution >= 4 is 5.91 Å². The van der Waals surface area contributed by atoms with Crippen LogP contribution < -0.4 is 5.32 Å². The third-order valence-corrected chi connectivity index (χ3v) is 5.13. The van der Waals surface area contributed by atoms with E-state index in [4.69, 9.17) is 0 Å². The van der Waals surface area contributed by atoms with Crippen LogP contribution in [0.3, 0.4) is 0 Å². The normalized spacial score (nSPS) is 23.2. The van der Waals surface area contributed by atoms with E-state index in [1.54, 1.807) is 0 Å². The molecule has 3 heteroatoms. The van der Waals surface area contributed by atoms with Gasteiger partial charge in [0.2, 0.25) is 0 Å². The summed E-state index contributed by atoms with van der Waals surface area (Å²) in [4.78, 5) is 15.0. The predicted molar refractivity (Wildman–Crippen MR) is 96.0 cm³/mol. The lowest BCUT2D eigenvalue weighted by molar-refractivity contribution is 0.0950. The molecule has 1 heterocycles. The Labute approximate surface area is 143 Å². The van der Waals surface area contributed by atoms with Gasteiger partial charge in [-0.1, -0.05) is 42.5 Å². The van der Waals surface area contributed by atoms with Crippen LogP contribution in [0.4, 0.5) is 0 Å². The third-order valence-electron chi connectivity index (χ3n) is 5.13. The highest BCUT2D eigenvalue weighted by molar-refractivity contribution is 5.94. The number of hydrogen-bond donors (Lipinski definition) is 1. The zero-order valence-corrected chi connectivity index (χ0v) is 13.9. The zero-order chi connectivity index (χ0) is 16.4. The van der Waals surface area contributed by atoms with Crippen LogP contribution in [0.15, 0.2) is 54.6 Å². The maximum atomic E-state index is 12.5. The van der Waals surface area contributed by atoms with Crippen LogP contribution in [0, 0.1) is 0 Å². The Morgan fingerprint density at radius 3 is 2.62 bits per heavy atom. The second kappa shape index (κ2) is 6.78. The molecule has 24 heavy (non-hydrogen) atoms. The number of amides is 1. The molecule has 0 aromatic heterocycles. The molecular weight excluding hydrogens is 296 g/mol. The SMILES string of the molecule is O=C(NC1CC1c1ccccc1)c1cccc(CN2CCCC2)c1. The van der Waals surface area contributed by atoms with E-state index >= 15 is 0 Å². The first-order valence-electron chi connectivity index (χ1n) is 8.97. The molecule has 1 aliphatic heterocycles. The van der Waals surface area contributed by atoms with Gasteiger partial charge in [-0.25, -0.2) is 0 Å². The maximum absolute atomic E-state index is 12.5. The molecule has 0 spiro atoms. The number of hydrogen-bond acceptors (Lipinski definition) is 2. The Kier molecular flexibility index (Phi) is 4.35. The second-order valence-electron chi connectivity index (χ2n) is 7.02. The lowest BCUT2D eigenvalue weighted by atomic mass is 10.1. The van der Waals surface area contributed by atoms with E-state index in [2.05, 4.69) is 40.5 Å². The Morgan fingerprint density at radius 1 is 1.04 bits per heavy atom. The topological polar surface area (TPSA) is 32.3 Å². The Balaban J connectivity index is 1.36. The van der Waals surface area contributed by atoms with Crippen LogP contribution in [0.1, 0.15) is 46.7 Å². The fourth-order valence-electron chi connectivity index (χ4n) is 3.68. The number of nitrogens with one attached hydrogen (secondary N) is 1. The predicted octanol–water partition coefficient (Wildman–Crippen LogP) is 3.57. The number of carbonyl (C=O) groups excluding carboxylic acids is 1. The van der Waals surface area contributed by atoms with Gasteiger partial charge in [0.25, 0.3) is 5.91 Å². The Hall–Kier alpha value is -2.13.